The lowest BCUT2D eigenvalue weighted by molar-refractivity contribution is 0.0730. The average molecular weight is 454 g/mol. The zero-order valence-electron chi connectivity index (χ0n) is 19.3. The summed E-state index contributed by atoms with van der Waals surface area (Å²) in [6, 6.07) is 25.6. The number of rotatable bonds is 8. The number of ether oxygens (including phenoxy) is 2. The molecule has 1 aliphatic rings. The van der Waals surface area contributed by atoms with Crippen molar-refractivity contribution in [2.75, 3.05) is 13.7 Å². The SMILES string of the molecule is CCCOc1ccc(C2c3c(-c4ccccc4)n[nH]c3C(=O)N2Cc2ccc(OC)cc2)cc1. The maximum absolute atomic E-state index is 13.6. The van der Waals surface area contributed by atoms with Gasteiger partial charge in [-0.15, -0.1) is 0 Å². The molecule has 0 fully saturated rings. The first-order valence-corrected chi connectivity index (χ1v) is 11.5. The molecule has 0 radical (unpaired) electrons. The topological polar surface area (TPSA) is 67.5 Å². The predicted molar refractivity (Wildman–Crippen MR) is 131 cm³/mol. The summed E-state index contributed by atoms with van der Waals surface area (Å²) in [5.41, 5.74) is 5.28. The second kappa shape index (κ2) is 9.43. The Bertz CT molecular complexity index is 1260. The third-order valence-corrected chi connectivity index (χ3v) is 6.09. The van der Waals surface area contributed by atoms with Crippen molar-refractivity contribution in [1.82, 2.24) is 15.1 Å². The van der Waals surface area contributed by atoms with E-state index < -0.39 is 0 Å². The van der Waals surface area contributed by atoms with Gasteiger partial charge in [0.15, 0.2) is 0 Å². The lowest BCUT2D eigenvalue weighted by Crippen LogP contribution is -2.29. The van der Waals surface area contributed by atoms with Crippen molar-refractivity contribution < 1.29 is 14.3 Å². The number of benzene rings is 3. The molecule has 0 aliphatic carbocycles. The molecule has 34 heavy (non-hydrogen) atoms. The Kier molecular flexibility index (Phi) is 6.04. The molecule has 2 heterocycles. The van der Waals surface area contributed by atoms with Gasteiger partial charge in [-0.05, 0) is 41.8 Å². The lowest BCUT2D eigenvalue weighted by atomic mass is 9.96. The van der Waals surface area contributed by atoms with Crippen LogP contribution in [0.15, 0.2) is 78.9 Å². The molecule has 6 heteroatoms. The first-order valence-electron chi connectivity index (χ1n) is 11.5. The molecule has 0 saturated carbocycles. The second-order valence-corrected chi connectivity index (χ2v) is 8.33. The smallest absolute Gasteiger partial charge is 0.273 e. The van der Waals surface area contributed by atoms with Gasteiger partial charge in [0.1, 0.15) is 17.2 Å². The maximum Gasteiger partial charge on any atom is 0.273 e. The molecule has 1 atom stereocenters. The summed E-state index contributed by atoms with van der Waals surface area (Å²) >= 11 is 0. The monoisotopic (exact) mass is 453 g/mol. The van der Waals surface area contributed by atoms with Crippen molar-refractivity contribution in [3.63, 3.8) is 0 Å². The number of nitrogens with one attached hydrogen (secondary N) is 1. The zero-order valence-corrected chi connectivity index (χ0v) is 19.3. The standard InChI is InChI=1S/C28H27N3O3/c1-3-17-34-23-15-11-21(12-16-23)27-24-25(20-7-5-4-6-8-20)29-30-26(24)28(32)31(27)18-19-9-13-22(33-2)14-10-19/h4-16,27H,3,17-18H2,1-2H3,(H,29,30). The number of aromatic amines is 1. The van der Waals surface area contributed by atoms with Crippen LogP contribution in [0.3, 0.4) is 0 Å². The van der Waals surface area contributed by atoms with E-state index in [1.807, 2.05) is 83.8 Å². The van der Waals surface area contributed by atoms with Gasteiger partial charge in [-0.1, -0.05) is 61.5 Å². The first kappa shape index (κ1) is 21.8. The number of H-pyrrole nitrogens is 1. The number of fused-ring (bicyclic) bond motifs is 1. The van der Waals surface area contributed by atoms with Crippen LogP contribution in [0, 0.1) is 0 Å². The molecule has 5 rings (SSSR count). The minimum atomic E-state index is -0.265. The zero-order chi connectivity index (χ0) is 23.5. The Hall–Kier alpha value is -4.06. The van der Waals surface area contributed by atoms with Gasteiger partial charge in [0.05, 0.1) is 25.5 Å². The van der Waals surface area contributed by atoms with Gasteiger partial charge in [-0.25, -0.2) is 0 Å². The summed E-state index contributed by atoms with van der Waals surface area (Å²) in [5.74, 6) is 1.56. The molecule has 0 spiro atoms. The van der Waals surface area contributed by atoms with Crippen LogP contribution < -0.4 is 9.47 Å². The predicted octanol–water partition coefficient (Wildman–Crippen LogP) is 5.62. The number of hydrogen-bond donors (Lipinski definition) is 1. The van der Waals surface area contributed by atoms with Crippen LogP contribution in [0.25, 0.3) is 11.3 Å². The highest BCUT2D eigenvalue weighted by atomic mass is 16.5. The van der Waals surface area contributed by atoms with Gasteiger partial charge in [0.25, 0.3) is 5.91 Å². The van der Waals surface area contributed by atoms with Gasteiger partial charge in [0, 0.05) is 17.7 Å². The van der Waals surface area contributed by atoms with Crippen LogP contribution in [-0.2, 0) is 6.54 Å². The van der Waals surface area contributed by atoms with E-state index in [1.165, 1.54) is 0 Å². The number of methoxy groups -OCH3 is 1. The van der Waals surface area contributed by atoms with Gasteiger partial charge >= 0.3 is 0 Å². The van der Waals surface area contributed by atoms with E-state index in [9.17, 15) is 4.79 Å². The summed E-state index contributed by atoms with van der Waals surface area (Å²) < 4.78 is 11.1. The average Bonchev–Trinajstić information content (AvgIpc) is 3.43. The van der Waals surface area contributed by atoms with E-state index in [0.717, 1.165) is 45.9 Å². The number of carbonyl (C=O) groups excluding carboxylic acids is 1. The molecule has 1 amide bonds. The minimum Gasteiger partial charge on any atom is -0.497 e. The fourth-order valence-corrected chi connectivity index (χ4v) is 4.42. The van der Waals surface area contributed by atoms with Gasteiger partial charge in [0.2, 0.25) is 0 Å². The second-order valence-electron chi connectivity index (χ2n) is 8.33. The molecule has 1 aliphatic heterocycles. The van der Waals surface area contributed by atoms with Crippen LogP contribution in [0.2, 0.25) is 0 Å². The van der Waals surface area contributed by atoms with Crippen LogP contribution >= 0.6 is 0 Å². The minimum absolute atomic E-state index is 0.0585. The number of carbonyl (C=O) groups is 1. The molecule has 172 valence electrons. The third-order valence-electron chi connectivity index (χ3n) is 6.09. The van der Waals surface area contributed by atoms with Gasteiger partial charge < -0.3 is 14.4 Å². The summed E-state index contributed by atoms with van der Waals surface area (Å²) in [4.78, 5) is 15.5. The highest BCUT2D eigenvalue weighted by molar-refractivity contribution is 6.00. The van der Waals surface area contributed by atoms with Crippen molar-refractivity contribution in [1.29, 1.82) is 0 Å². The maximum atomic E-state index is 13.6. The number of hydrogen-bond acceptors (Lipinski definition) is 4. The van der Waals surface area contributed by atoms with E-state index >= 15 is 0 Å². The Labute approximate surface area is 199 Å². The fourth-order valence-electron chi connectivity index (χ4n) is 4.42. The van der Waals surface area contributed by atoms with E-state index in [4.69, 9.17) is 9.47 Å². The van der Waals surface area contributed by atoms with Crippen LogP contribution in [0.4, 0.5) is 0 Å². The Balaban J connectivity index is 1.56. The van der Waals surface area contributed by atoms with Crippen molar-refractivity contribution in [2.45, 2.75) is 25.9 Å². The van der Waals surface area contributed by atoms with Crippen LogP contribution in [0.1, 0.15) is 46.6 Å². The van der Waals surface area contributed by atoms with Crippen molar-refractivity contribution >= 4 is 5.91 Å². The molecule has 1 N–H and O–H groups in total. The molecular formula is C28H27N3O3. The summed E-state index contributed by atoms with van der Waals surface area (Å²) in [7, 11) is 1.65. The Morgan fingerprint density at radius 2 is 1.65 bits per heavy atom. The molecule has 1 aromatic heterocycles. The lowest BCUT2D eigenvalue weighted by Gasteiger charge is -2.27. The molecule has 0 bridgehead atoms. The van der Waals surface area contributed by atoms with Crippen molar-refractivity contribution in [2.24, 2.45) is 0 Å². The van der Waals surface area contributed by atoms with E-state index in [1.54, 1.807) is 7.11 Å². The molecule has 6 nitrogen and oxygen atoms in total. The quantitative estimate of drug-likeness (QED) is 0.376. The van der Waals surface area contributed by atoms with E-state index in [-0.39, 0.29) is 11.9 Å². The van der Waals surface area contributed by atoms with Gasteiger partial charge in [-0.3, -0.25) is 9.89 Å². The highest BCUT2D eigenvalue weighted by Gasteiger charge is 2.42. The molecule has 4 aromatic rings. The van der Waals surface area contributed by atoms with E-state index in [0.29, 0.717) is 18.8 Å². The summed E-state index contributed by atoms with van der Waals surface area (Å²) in [5, 5.41) is 7.56. The summed E-state index contributed by atoms with van der Waals surface area (Å²) in [6.07, 6.45) is 0.952. The number of nitrogens with zero attached hydrogens (tertiary/aromatic N) is 2. The normalized spacial score (nSPS) is 14.8. The number of aromatic nitrogens is 2. The molecule has 0 saturated heterocycles. The fraction of sp³-hybridized carbons (Fsp3) is 0.214. The Morgan fingerprint density at radius 1 is 0.941 bits per heavy atom. The largest absolute Gasteiger partial charge is 0.497 e. The molecule has 3 aromatic carbocycles. The number of amides is 1. The first-order chi connectivity index (χ1) is 16.7. The van der Waals surface area contributed by atoms with Crippen LogP contribution in [0.5, 0.6) is 11.5 Å². The Morgan fingerprint density at radius 3 is 2.32 bits per heavy atom. The third kappa shape index (κ3) is 4.03. The van der Waals surface area contributed by atoms with E-state index in [2.05, 4.69) is 17.1 Å². The van der Waals surface area contributed by atoms with Crippen LogP contribution in [-0.4, -0.2) is 34.7 Å². The van der Waals surface area contributed by atoms with Gasteiger partial charge in [-0.2, -0.15) is 5.10 Å². The summed E-state index contributed by atoms with van der Waals surface area (Å²) in [6.45, 7) is 3.23. The van der Waals surface area contributed by atoms with Crippen molar-refractivity contribution in [3.05, 3.63) is 101 Å². The molecular weight excluding hydrogens is 426 g/mol. The molecule has 1 unspecified atom stereocenters. The highest BCUT2D eigenvalue weighted by Crippen LogP contribution is 2.43. The van der Waals surface area contributed by atoms with Crippen molar-refractivity contribution in [3.8, 4) is 22.8 Å².